The Labute approximate surface area is 177 Å². The highest BCUT2D eigenvalue weighted by Gasteiger charge is 2.27. The molecular weight excluding hydrogens is 402 g/mol. The van der Waals surface area contributed by atoms with Crippen molar-refractivity contribution in [1.82, 2.24) is 4.90 Å². The van der Waals surface area contributed by atoms with E-state index in [1.165, 1.54) is 17.4 Å². The Hall–Kier alpha value is -3.57. The second-order valence-electron chi connectivity index (χ2n) is 6.70. The number of fused-ring (bicyclic) bond motifs is 2. The first-order chi connectivity index (χ1) is 14.6. The number of nitriles is 1. The summed E-state index contributed by atoms with van der Waals surface area (Å²) in [6, 6.07) is 11.6. The summed E-state index contributed by atoms with van der Waals surface area (Å²) >= 11 is 1.32. The summed E-state index contributed by atoms with van der Waals surface area (Å²) in [5.74, 6) is 0.218. The van der Waals surface area contributed by atoms with Crippen molar-refractivity contribution in [3.63, 3.8) is 0 Å². The second kappa shape index (κ2) is 8.43. The Morgan fingerprint density at radius 3 is 3.00 bits per heavy atom. The van der Waals surface area contributed by atoms with E-state index < -0.39 is 0 Å². The third-order valence-corrected chi connectivity index (χ3v) is 5.91. The van der Waals surface area contributed by atoms with Gasteiger partial charge in [0.15, 0.2) is 0 Å². The molecule has 2 aromatic heterocycles. The van der Waals surface area contributed by atoms with Crippen LogP contribution in [0, 0.1) is 11.3 Å². The first-order valence-corrected chi connectivity index (χ1v) is 10.3. The maximum atomic E-state index is 12.4. The molecule has 4 rings (SSSR count). The van der Waals surface area contributed by atoms with Gasteiger partial charge in [0.05, 0.1) is 18.7 Å². The number of anilines is 1. The number of carbonyl (C=O) groups is 2. The molecule has 0 saturated heterocycles. The van der Waals surface area contributed by atoms with Crippen LogP contribution in [0.5, 0.6) is 0 Å². The van der Waals surface area contributed by atoms with Gasteiger partial charge in [-0.15, -0.1) is 11.3 Å². The molecule has 30 heavy (non-hydrogen) atoms. The molecule has 3 heterocycles. The molecule has 0 atom stereocenters. The Kier molecular flexibility index (Phi) is 5.55. The lowest BCUT2D eigenvalue weighted by atomic mass is 10.0. The van der Waals surface area contributed by atoms with Crippen molar-refractivity contribution in [1.29, 1.82) is 5.26 Å². The lowest BCUT2D eigenvalue weighted by Crippen LogP contribution is -2.35. The summed E-state index contributed by atoms with van der Waals surface area (Å²) in [4.78, 5) is 26.9. The van der Waals surface area contributed by atoms with E-state index in [4.69, 9.17) is 9.15 Å². The Morgan fingerprint density at radius 2 is 2.23 bits per heavy atom. The van der Waals surface area contributed by atoms with Crippen molar-refractivity contribution in [3.8, 4) is 6.07 Å². The number of para-hydroxylation sites is 1. The maximum absolute atomic E-state index is 12.4. The highest BCUT2D eigenvalue weighted by Crippen LogP contribution is 2.36. The average Bonchev–Trinajstić information content (AvgIpc) is 3.31. The lowest BCUT2D eigenvalue weighted by Gasteiger charge is -2.25. The number of nitrogens with one attached hydrogen (secondary N) is 1. The zero-order chi connectivity index (χ0) is 21.1. The van der Waals surface area contributed by atoms with E-state index in [0.717, 1.165) is 21.4 Å². The van der Waals surface area contributed by atoms with Gasteiger partial charge in [0, 0.05) is 22.9 Å². The number of hydrogen-bond donors (Lipinski definition) is 1. The van der Waals surface area contributed by atoms with Crippen LogP contribution in [-0.4, -0.2) is 30.1 Å². The van der Waals surface area contributed by atoms with Gasteiger partial charge in [0.2, 0.25) is 5.91 Å². The average molecular weight is 421 g/mol. The number of benzene rings is 1. The van der Waals surface area contributed by atoms with Crippen LogP contribution in [0.2, 0.25) is 0 Å². The fourth-order valence-electron chi connectivity index (χ4n) is 3.38. The van der Waals surface area contributed by atoms with E-state index in [1.54, 1.807) is 17.9 Å². The number of rotatable bonds is 4. The number of furan rings is 1. The first-order valence-electron chi connectivity index (χ1n) is 9.53. The first kappa shape index (κ1) is 19.7. The van der Waals surface area contributed by atoms with Crippen LogP contribution in [0.15, 0.2) is 40.8 Å². The highest BCUT2D eigenvalue weighted by molar-refractivity contribution is 7.16. The van der Waals surface area contributed by atoms with Gasteiger partial charge >= 0.3 is 6.09 Å². The molecule has 3 aromatic rings. The van der Waals surface area contributed by atoms with Crippen molar-refractivity contribution in [2.45, 2.75) is 19.9 Å². The highest BCUT2D eigenvalue weighted by atomic mass is 32.1. The van der Waals surface area contributed by atoms with Crippen LogP contribution < -0.4 is 5.32 Å². The van der Waals surface area contributed by atoms with Gasteiger partial charge in [-0.1, -0.05) is 18.2 Å². The van der Waals surface area contributed by atoms with Crippen LogP contribution in [-0.2, 0) is 22.5 Å². The minimum atomic E-state index is -0.366. The number of ether oxygens (including phenoxy) is 1. The van der Waals surface area contributed by atoms with E-state index in [0.29, 0.717) is 42.4 Å². The zero-order valence-corrected chi connectivity index (χ0v) is 17.1. The van der Waals surface area contributed by atoms with E-state index in [-0.39, 0.29) is 12.0 Å². The predicted molar refractivity (Wildman–Crippen MR) is 114 cm³/mol. The largest absolute Gasteiger partial charge is 0.457 e. The van der Waals surface area contributed by atoms with Crippen LogP contribution in [0.25, 0.3) is 17.0 Å². The number of hydrogen-bond acceptors (Lipinski definition) is 6. The number of nitrogens with zero attached hydrogens (tertiary/aromatic N) is 2. The summed E-state index contributed by atoms with van der Waals surface area (Å²) in [6.45, 7) is 2.93. The fraction of sp³-hybridized carbons (Fsp3) is 0.227. The van der Waals surface area contributed by atoms with Gasteiger partial charge in [-0.3, -0.25) is 4.79 Å². The van der Waals surface area contributed by atoms with E-state index in [9.17, 15) is 14.9 Å². The molecule has 0 radical (unpaired) electrons. The summed E-state index contributed by atoms with van der Waals surface area (Å²) in [5, 5.41) is 13.8. The summed E-state index contributed by atoms with van der Waals surface area (Å²) in [7, 11) is 0. The van der Waals surface area contributed by atoms with Crippen molar-refractivity contribution in [3.05, 3.63) is 58.2 Å². The molecule has 0 fully saturated rings. The summed E-state index contributed by atoms with van der Waals surface area (Å²) < 4.78 is 10.7. The minimum absolute atomic E-state index is 0.314. The lowest BCUT2D eigenvalue weighted by molar-refractivity contribution is -0.111. The van der Waals surface area contributed by atoms with Crippen molar-refractivity contribution in [2.24, 2.45) is 0 Å². The third-order valence-electron chi connectivity index (χ3n) is 4.77. The quantitative estimate of drug-likeness (QED) is 0.624. The third kappa shape index (κ3) is 3.93. The molecule has 1 aliphatic heterocycles. The van der Waals surface area contributed by atoms with Crippen LogP contribution in [0.3, 0.4) is 0 Å². The summed E-state index contributed by atoms with van der Waals surface area (Å²) in [5.41, 5.74) is 2.10. The van der Waals surface area contributed by atoms with Crippen LogP contribution in [0.4, 0.5) is 9.80 Å². The molecule has 152 valence electrons. The fourth-order valence-corrected chi connectivity index (χ4v) is 4.59. The molecular formula is C22H19N3O4S. The molecule has 1 aromatic carbocycles. The molecule has 0 spiro atoms. The van der Waals surface area contributed by atoms with E-state index in [2.05, 4.69) is 11.4 Å². The van der Waals surface area contributed by atoms with Crippen LogP contribution in [0.1, 0.15) is 28.7 Å². The standard InChI is InChI=1S/C22H19N3O4S/c1-2-28-22(27)25-10-9-16-17(12-23)21(30-19(16)13-25)24-20(26)8-7-15-11-14-5-3-4-6-18(14)29-15/h3-8,11H,2,9-10,13H2,1H3,(H,24,26)/b8-7+. The number of carbonyl (C=O) groups excluding carboxylic acids is 2. The van der Waals surface area contributed by atoms with Gasteiger partial charge in [0.25, 0.3) is 0 Å². The van der Waals surface area contributed by atoms with Gasteiger partial charge in [-0.25, -0.2) is 4.79 Å². The topological polar surface area (TPSA) is 95.6 Å². The van der Waals surface area contributed by atoms with Crippen molar-refractivity contribution < 1.29 is 18.7 Å². The molecule has 8 heteroatoms. The Bertz CT molecular complexity index is 1150. The SMILES string of the molecule is CCOC(=O)N1CCc2c(sc(NC(=O)/C=C/c3cc4ccccc4o3)c2C#N)C1. The van der Waals surface area contributed by atoms with Gasteiger partial charge in [-0.05, 0) is 37.1 Å². The monoisotopic (exact) mass is 421 g/mol. The van der Waals surface area contributed by atoms with Gasteiger partial charge in [0.1, 0.15) is 22.4 Å². The zero-order valence-electron chi connectivity index (χ0n) is 16.3. The maximum Gasteiger partial charge on any atom is 0.410 e. The molecule has 2 amide bonds. The van der Waals surface area contributed by atoms with E-state index >= 15 is 0 Å². The molecule has 0 aliphatic carbocycles. The molecule has 1 N–H and O–H groups in total. The van der Waals surface area contributed by atoms with E-state index in [1.807, 2.05) is 30.3 Å². The summed E-state index contributed by atoms with van der Waals surface area (Å²) in [6.07, 6.45) is 3.16. The Balaban J connectivity index is 1.48. The minimum Gasteiger partial charge on any atom is -0.457 e. The molecule has 0 saturated carbocycles. The van der Waals surface area contributed by atoms with Gasteiger partial charge in [-0.2, -0.15) is 5.26 Å². The Morgan fingerprint density at radius 1 is 1.40 bits per heavy atom. The van der Waals surface area contributed by atoms with Crippen LogP contribution >= 0.6 is 11.3 Å². The molecule has 1 aliphatic rings. The van der Waals surface area contributed by atoms with Crippen molar-refractivity contribution >= 4 is 45.4 Å². The van der Waals surface area contributed by atoms with Crippen molar-refractivity contribution in [2.75, 3.05) is 18.5 Å². The predicted octanol–water partition coefficient (Wildman–Crippen LogP) is 4.53. The smallest absolute Gasteiger partial charge is 0.410 e. The molecule has 0 bridgehead atoms. The molecule has 7 nitrogen and oxygen atoms in total. The molecule has 0 unspecified atom stereocenters. The number of thiophene rings is 1. The second-order valence-corrected chi connectivity index (χ2v) is 7.80. The normalized spacial score (nSPS) is 13.3. The number of amides is 2. The van der Waals surface area contributed by atoms with Gasteiger partial charge < -0.3 is 19.4 Å².